The second kappa shape index (κ2) is 11.2. The largest absolute Gasteiger partial charge is 0.450 e. The third-order valence-corrected chi connectivity index (χ3v) is 5.07. The van der Waals surface area contributed by atoms with E-state index in [9.17, 15) is 18.8 Å². The van der Waals surface area contributed by atoms with E-state index < -0.39 is 33.6 Å². The summed E-state index contributed by atoms with van der Waals surface area (Å²) in [5.74, 6) is 0. The number of carbonyl (C=O) groups is 1. The first-order chi connectivity index (χ1) is 10.2. The van der Waals surface area contributed by atoms with Gasteiger partial charge in [-0.1, -0.05) is 13.3 Å². The fourth-order valence-corrected chi connectivity index (χ4v) is 3.90. The first-order valence-electron chi connectivity index (χ1n) is 7.08. The van der Waals surface area contributed by atoms with Crippen molar-refractivity contribution in [3.8, 4) is 0 Å². The Morgan fingerprint density at radius 2 is 1.73 bits per heavy atom. The van der Waals surface area contributed by atoms with Gasteiger partial charge in [-0.25, -0.2) is 4.79 Å². The van der Waals surface area contributed by atoms with Crippen LogP contribution in [0.2, 0.25) is 0 Å². The van der Waals surface area contributed by atoms with Crippen molar-refractivity contribution in [3.05, 3.63) is 0 Å². The van der Waals surface area contributed by atoms with Gasteiger partial charge in [-0.3, -0.25) is 9.13 Å². The summed E-state index contributed by atoms with van der Waals surface area (Å²) in [6.07, 6.45) is 0.932. The predicted octanol–water partition coefficient (Wildman–Crippen LogP) is 1.67. The maximum atomic E-state index is 11.4. The lowest BCUT2D eigenvalue weighted by Crippen LogP contribution is -2.25. The standard InChI is InChI=1S/C11H25NO8P2/c1-2-3-7-19-11(13)12-6-4-5-8-20-22(17,18)10-9-21(14,15)16/h2-10H2,1H3,(H,12,13)(H,17,18)(H2,14,15,16). The highest BCUT2D eigenvalue weighted by Gasteiger charge is 2.24. The molecule has 1 unspecified atom stereocenters. The second-order valence-electron chi connectivity index (χ2n) is 4.71. The molecule has 0 bridgehead atoms. The molecule has 0 aromatic carbocycles. The molecule has 11 heteroatoms. The van der Waals surface area contributed by atoms with Crippen molar-refractivity contribution >= 4 is 21.3 Å². The van der Waals surface area contributed by atoms with Crippen molar-refractivity contribution in [2.75, 3.05) is 32.1 Å². The minimum Gasteiger partial charge on any atom is -0.450 e. The fourth-order valence-electron chi connectivity index (χ4n) is 1.31. The van der Waals surface area contributed by atoms with Crippen molar-refractivity contribution in [2.24, 2.45) is 0 Å². The van der Waals surface area contributed by atoms with Crippen LogP contribution in [0.4, 0.5) is 4.79 Å². The van der Waals surface area contributed by atoms with Crippen LogP contribution in [-0.2, 0) is 18.4 Å². The van der Waals surface area contributed by atoms with Gasteiger partial charge in [-0.2, -0.15) is 0 Å². The lowest BCUT2D eigenvalue weighted by Gasteiger charge is -2.12. The van der Waals surface area contributed by atoms with Gasteiger partial charge in [0.1, 0.15) is 0 Å². The smallest absolute Gasteiger partial charge is 0.407 e. The Bertz CT molecular complexity index is 411. The van der Waals surface area contributed by atoms with E-state index in [-0.39, 0.29) is 6.61 Å². The molecular formula is C11H25NO8P2. The van der Waals surface area contributed by atoms with Gasteiger partial charge in [0, 0.05) is 6.54 Å². The van der Waals surface area contributed by atoms with Crippen molar-refractivity contribution in [2.45, 2.75) is 32.6 Å². The SMILES string of the molecule is CCCCOC(=O)NCCCCOP(=O)(O)CCP(=O)(O)O. The molecule has 0 radical (unpaired) electrons. The number of hydrogen-bond acceptors (Lipinski definition) is 5. The summed E-state index contributed by atoms with van der Waals surface area (Å²) >= 11 is 0. The molecule has 0 saturated heterocycles. The van der Waals surface area contributed by atoms with Crippen LogP contribution in [0.25, 0.3) is 0 Å². The average Bonchev–Trinajstić information content (AvgIpc) is 2.40. The van der Waals surface area contributed by atoms with E-state index in [4.69, 9.17) is 19.0 Å². The summed E-state index contributed by atoms with van der Waals surface area (Å²) in [5, 5.41) is 2.53. The Balaban J connectivity index is 3.61. The number of amides is 1. The Kier molecular flexibility index (Phi) is 10.9. The van der Waals surface area contributed by atoms with Crippen molar-refractivity contribution in [1.29, 1.82) is 0 Å². The molecule has 132 valence electrons. The maximum absolute atomic E-state index is 11.4. The van der Waals surface area contributed by atoms with Crippen LogP contribution in [0.3, 0.4) is 0 Å². The highest BCUT2D eigenvalue weighted by atomic mass is 31.2. The highest BCUT2D eigenvalue weighted by Crippen LogP contribution is 2.46. The summed E-state index contributed by atoms with van der Waals surface area (Å²) in [5.41, 5.74) is 0. The van der Waals surface area contributed by atoms with Crippen LogP contribution in [0, 0.1) is 0 Å². The van der Waals surface area contributed by atoms with Gasteiger partial charge in [0.05, 0.1) is 25.5 Å². The summed E-state index contributed by atoms with van der Waals surface area (Å²) in [7, 11) is -8.29. The minimum absolute atomic E-state index is 0.0263. The number of rotatable bonds is 12. The van der Waals surface area contributed by atoms with Gasteiger partial charge in [0.25, 0.3) is 0 Å². The molecule has 22 heavy (non-hydrogen) atoms. The third-order valence-electron chi connectivity index (χ3n) is 2.54. The maximum Gasteiger partial charge on any atom is 0.407 e. The first-order valence-corrected chi connectivity index (χ1v) is 10.6. The van der Waals surface area contributed by atoms with Crippen LogP contribution < -0.4 is 5.32 Å². The summed E-state index contributed by atoms with van der Waals surface area (Å²) in [4.78, 5) is 37.8. The lowest BCUT2D eigenvalue weighted by molar-refractivity contribution is 0.144. The quantitative estimate of drug-likeness (QED) is 0.304. The number of alkyl carbamates (subject to hydrolysis) is 1. The monoisotopic (exact) mass is 361 g/mol. The number of nitrogens with one attached hydrogen (secondary N) is 1. The molecule has 0 aliphatic heterocycles. The molecule has 9 nitrogen and oxygen atoms in total. The molecule has 0 aliphatic rings. The van der Waals surface area contributed by atoms with Crippen molar-refractivity contribution in [1.82, 2.24) is 5.32 Å². The van der Waals surface area contributed by atoms with Gasteiger partial charge in [0.2, 0.25) is 0 Å². The Hall–Kier alpha value is -0.430. The van der Waals surface area contributed by atoms with E-state index in [0.717, 1.165) is 12.8 Å². The lowest BCUT2D eigenvalue weighted by atomic mass is 10.3. The predicted molar refractivity (Wildman–Crippen MR) is 81.0 cm³/mol. The number of unbranched alkanes of at least 4 members (excludes halogenated alkanes) is 2. The topological polar surface area (TPSA) is 142 Å². The third kappa shape index (κ3) is 14.5. The average molecular weight is 361 g/mol. The molecule has 0 spiro atoms. The molecular weight excluding hydrogens is 336 g/mol. The van der Waals surface area contributed by atoms with E-state index in [1.807, 2.05) is 6.92 Å². The van der Waals surface area contributed by atoms with Crippen LogP contribution in [0.1, 0.15) is 32.6 Å². The molecule has 0 fully saturated rings. The number of ether oxygens (including phenoxy) is 1. The molecule has 1 atom stereocenters. The number of carbonyl (C=O) groups excluding carboxylic acids is 1. The second-order valence-corrected chi connectivity index (χ2v) is 8.46. The first kappa shape index (κ1) is 21.6. The van der Waals surface area contributed by atoms with Crippen LogP contribution in [0.5, 0.6) is 0 Å². The van der Waals surface area contributed by atoms with Gasteiger partial charge >= 0.3 is 21.3 Å². The van der Waals surface area contributed by atoms with Gasteiger partial charge in [0.15, 0.2) is 0 Å². The summed E-state index contributed by atoms with van der Waals surface area (Å²) in [6, 6.07) is 0. The normalized spacial score (nSPS) is 14.4. The zero-order valence-electron chi connectivity index (χ0n) is 12.6. The number of hydrogen-bond donors (Lipinski definition) is 4. The molecule has 0 aliphatic carbocycles. The molecule has 0 saturated carbocycles. The minimum atomic E-state index is -4.31. The van der Waals surface area contributed by atoms with E-state index in [1.54, 1.807) is 0 Å². The molecule has 4 N–H and O–H groups in total. The summed E-state index contributed by atoms with van der Waals surface area (Å²) in [6.45, 7) is 2.69. The van der Waals surface area contributed by atoms with E-state index >= 15 is 0 Å². The zero-order chi connectivity index (χ0) is 17.1. The Morgan fingerprint density at radius 1 is 1.05 bits per heavy atom. The fraction of sp³-hybridized carbons (Fsp3) is 0.909. The van der Waals surface area contributed by atoms with Crippen molar-refractivity contribution in [3.63, 3.8) is 0 Å². The van der Waals surface area contributed by atoms with E-state index in [2.05, 4.69) is 5.32 Å². The molecule has 1 amide bonds. The van der Waals surface area contributed by atoms with E-state index in [0.29, 0.717) is 26.0 Å². The highest BCUT2D eigenvalue weighted by molar-refractivity contribution is 7.56. The van der Waals surface area contributed by atoms with Crippen LogP contribution in [0.15, 0.2) is 0 Å². The Morgan fingerprint density at radius 3 is 2.32 bits per heavy atom. The zero-order valence-corrected chi connectivity index (χ0v) is 14.4. The molecule has 0 aromatic heterocycles. The van der Waals surface area contributed by atoms with Gasteiger partial charge in [-0.15, -0.1) is 0 Å². The van der Waals surface area contributed by atoms with Gasteiger partial charge < -0.3 is 29.3 Å². The van der Waals surface area contributed by atoms with Crippen LogP contribution in [-0.4, -0.2) is 52.9 Å². The van der Waals surface area contributed by atoms with Crippen LogP contribution >= 0.6 is 15.2 Å². The van der Waals surface area contributed by atoms with E-state index in [1.165, 1.54) is 0 Å². The summed E-state index contributed by atoms with van der Waals surface area (Å²) < 4.78 is 31.7. The molecule has 0 heterocycles. The van der Waals surface area contributed by atoms with Gasteiger partial charge in [-0.05, 0) is 19.3 Å². The molecule has 0 rings (SSSR count). The molecule has 0 aromatic rings. The van der Waals surface area contributed by atoms with Crippen molar-refractivity contribution < 1.29 is 37.9 Å². The Labute approximate surface area is 130 Å².